The molecule has 1 saturated carbocycles. The maximum atomic E-state index is 12.5. The Bertz CT molecular complexity index is 566. The van der Waals surface area contributed by atoms with Gasteiger partial charge in [-0.1, -0.05) is 0 Å². The summed E-state index contributed by atoms with van der Waals surface area (Å²) in [5.74, 6) is -0.0343. The average Bonchev–Trinajstić information content (AvgIpc) is 2.57. The standard InChI is InChI=1S/C18H27N3O3/c1-3-24-16-11-18(12-16,21-6-8-23-9-7-21)13-20-17(22)15-4-5-19-14(2)10-15/h4-5,10,16H,3,6-9,11-13H2,1-2H3,(H,20,22). The number of aryl methyl sites for hydroxylation is 1. The zero-order chi connectivity index (χ0) is 17.0. The first-order chi connectivity index (χ1) is 11.6. The van der Waals surface area contributed by atoms with E-state index in [9.17, 15) is 4.79 Å². The van der Waals surface area contributed by atoms with Crippen LogP contribution >= 0.6 is 0 Å². The van der Waals surface area contributed by atoms with E-state index in [2.05, 4.69) is 15.2 Å². The van der Waals surface area contributed by atoms with Gasteiger partial charge < -0.3 is 14.8 Å². The molecule has 1 aromatic heterocycles. The van der Waals surface area contributed by atoms with Gasteiger partial charge in [0.1, 0.15) is 0 Å². The molecule has 2 fully saturated rings. The molecule has 3 rings (SSSR count). The summed E-state index contributed by atoms with van der Waals surface area (Å²) in [7, 11) is 0. The number of carbonyl (C=O) groups excluding carboxylic acids is 1. The minimum Gasteiger partial charge on any atom is -0.379 e. The summed E-state index contributed by atoms with van der Waals surface area (Å²) in [6.07, 6.45) is 3.92. The smallest absolute Gasteiger partial charge is 0.251 e. The molecule has 0 spiro atoms. The number of morpholine rings is 1. The Kier molecular flexibility index (Phi) is 5.48. The Morgan fingerprint density at radius 3 is 2.88 bits per heavy atom. The number of amides is 1. The second-order valence-corrected chi connectivity index (χ2v) is 6.68. The van der Waals surface area contributed by atoms with Gasteiger partial charge in [0.25, 0.3) is 5.91 Å². The molecule has 2 aliphatic rings. The van der Waals surface area contributed by atoms with Gasteiger partial charge in [-0.25, -0.2) is 0 Å². The van der Waals surface area contributed by atoms with E-state index in [1.165, 1.54) is 0 Å². The van der Waals surface area contributed by atoms with Crippen LogP contribution in [0.4, 0.5) is 0 Å². The van der Waals surface area contributed by atoms with Gasteiger partial charge in [-0.3, -0.25) is 14.7 Å². The van der Waals surface area contributed by atoms with Crippen LogP contribution in [0.1, 0.15) is 35.8 Å². The van der Waals surface area contributed by atoms with Gasteiger partial charge in [-0.2, -0.15) is 0 Å². The average molecular weight is 333 g/mol. The second-order valence-electron chi connectivity index (χ2n) is 6.68. The highest BCUT2D eigenvalue weighted by Crippen LogP contribution is 2.40. The van der Waals surface area contributed by atoms with Crippen molar-refractivity contribution in [2.75, 3.05) is 39.5 Å². The minimum atomic E-state index is -0.0343. The molecular weight excluding hydrogens is 306 g/mol. The van der Waals surface area contributed by atoms with Crippen LogP contribution in [0.15, 0.2) is 18.3 Å². The summed E-state index contributed by atoms with van der Waals surface area (Å²) in [6, 6.07) is 3.58. The molecule has 0 radical (unpaired) electrons. The molecule has 24 heavy (non-hydrogen) atoms. The van der Waals surface area contributed by atoms with Crippen molar-refractivity contribution in [1.29, 1.82) is 0 Å². The van der Waals surface area contributed by atoms with E-state index in [1.807, 2.05) is 19.9 Å². The van der Waals surface area contributed by atoms with Crippen LogP contribution in [0, 0.1) is 6.92 Å². The number of ether oxygens (including phenoxy) is 2. The zero-order valence-corrected chi connectivity index (χ0v) is 14.6. The lowest BCUT2D eigenvalue weighted by molar-refractivity contribution is -0.124. The predicted molar refractivity (Wildman–Crippen MR) is 91.1 cm³/mol. The zero-order valence-electron chi connectivity index (χ0n) is 14.6. The first kappa shape index (κ1) is 17.3. The van der Waals surface area contributed by atoms with Crippen molar-refractivity contribution in [1.82, 2.24) is 15.2 Å². The van der Waals surface area contributed by atoms with E-state index < -0.39 is 0 Å². The first-order valence-electron chi connectivity index (χ1n) is 8.78. The Labute approximate surface area is 143 Å². The molecule has 6 nitrogen and oxygen atoms in total. The normalized spacial score (nSPS) is 27.5. The van der Waals surface area contributed by atoms with Gasteiger partial charge in [0.2, 0.25) is 0 Å². The third kappa shape index (κ3) is 3.77. The van der Waals surface area contributed by atoms with E-state index in [0.29, 0.717) is 18.2 Å². The molecule has 1 aliphatic heterocycles. The highest BCUT2D eigenvalue weighted by Gasteiger charge is 2.49. The van der Waals surface area contributed by atoms with Crippen molar-refractivity contribution < 1.29 is 14.3 Å². The van der Waals surface area contributed by atoms with Gasteiger partial charge >= 0.3 is 0 Å². The maximum absolute atomic E-state index is 12.5. The molecule has 132 valence electrons. The van der Waals surface area contributed by atoms with Crippen LogP contribution in [-0.4, -0.2) is 66.9 Å². The number of aromatic nitrogens is 1. The monoisotopic (exact) mass is 333 g/mol. The van der Waals surface area contributed by atoms with Crippen molar-refractivity contribution in [2.24, 2.45) is 0 Å². The lowest BCUT2D eigenvalue weighted by Crippen LogP contribution is -2.67. The molecular formula is C18H27N3O3. The lowest BCUT2D eigenvalue weighted by Gasteiger charge is -2.55. The Morgan fingerprint density at radius 1 is 1.46 bits per heavy atom. The van der Waals surface area contributed by atoms with Crippen LogP contribution < -0.4 is 5.32 Å². The quantitative estimate of drug-likeness (QED) is 0.852. The van der Waals surface area contributed by atoms with Gasteiger partial charge in [0.05, 0.1) is 19.3 Å². The largest absolute Gasteiger partial charge is 0.379 e. The number of nitrogens with one attached hydrogen (secondary N) is 1. The van der Waals surface area contributed by atoms with Crippen LogP contribution in [0.2, 0.25) is 0 Å². The molecule has 0 aromatic carbocycles. The molecule has 1 N–H and O–H groups in total. The number of pyridine rings is 1. The first-order valence-corrected chi connectivity index (χ1v) is 8.78. The topological polar surface area (TPSA) is 63.7 Å². The summed E-state index contributed by atoms with van der Waals surface area (Å²) < 4.78 is 11.2. The molecule has 1 aliphatic carbocycles. The van der Waals surface area contributed by atoms with E-state index in [4.69, 9.17) is 9.47 Å². The number of hydrogen-bond acceptors (Lipinski definition) is 5. The fourth-order valence-corrected chi connectivity index (χ4v) is 3.73. The lowest BCUT2D eigenvalue weighted by atomic mass is 9.72. The summed E-state index contributed by atoms with van der Waals surface area (Å²) in [5, 5.41) is 3.12. The fourth-order valence-electron chi connectivity index (χ4n) is 3.73. The van der Waals surface area contributed by atoms with Gasteiger partial charge in [0.15, 0.2) is 0 Å². The van der Waals surface area contributed by atoms with Crippen LogP contribution in [0.5, 0.6) is 0 Å². The van der Waals surface area contributed by atoms with Crippen molar-refractivity contribution in [3.63, 3.8) is 0 Å². The molecule has 0 bridgehead atoms. The van der Waals surface area contributed by atoms with Crippen LogP contribution in [0.3, 0.4) is 0 Å². The molecule has 0 unspecified atom stereocenters. The molecule has 1 saturated heterocycles. The molecule has 0 atom stereocenters. The van der Waals surface area contributed by atoms with Crippen molar-refractivity contribution >= 4 is 5.91 Å². The SMILES string of the molecule is CCOC1CC(CNC(=O)c2ccnc(C)c2)(N2CCOCC2)C1. The van der Waals surface area contributed by atoms with Gasteiger partial charge in [-0.15, -0.1) is 0 Å². The van der Waals surface area contributed by atoms with Gasteiger partial charge in [-0.05, 0) is 38.8 Å². The number of carbonyl (C=O) groups is 1. The van der Waals surface area contributed by atoms with E-state index in [-0.39, 0.29) is 11.4 Å². The fraction of sp³-hybridized carbons (Fsp3) is 0.667. The van der Waals surface area contributed by atoms with Crippen molar-refractivity contribution in [3.05, 3.63) is 29.6 Å². The second kappa shape index (κ2) is 7.59. The molecule has 1 aromatic rings. The maximum Gasteiger partial charge on any atom is 0.251 e. The van der Waals surface area contributed by atoms with Crippen molar-refractivity contribution in [3.8, 4) is 0 Å². The Hall–Kier alpha value is -1.50. The Morgan fingerprint density at radius 2 is 2.21 bits per heavy atom. The van der Waals surface area contributed by atoms with E-state index in [0.717, 1.165) is 51.4 Å². The molecule has 2 heterocycles. The number of hydrogen-bond donors (Lipinski definition) is 1. The molecule has 6 heteroatoms. The number of nitrogens with zero attached hydrogens (tertiary/aromatic N) is 2. The third-order valence-corrected chi connectivity index (χ3v) is 5.04. The number of rotatable bonds is 6. The summed E-state index contributed by atoms with van der Waals surface area (Å²) in [5.41, 5.74) is 1.52. The van der Waals surface area contributed by atoms with E-state index >= 15 is 0 Å². The minimum absolute atomic E-state index is 0.00134. The third-order valence-electron chi connectivity index (χ3n) is 5.04. The Balaban J connectivity index is 1.63. The predicted octanol–water partition coefficient (Wildman–Crippen LogP) is 1.39. The highest BCUT2D eigenvalue weighted by molar-refractivity contribution is 5.94. The van der Waals surface area contributed by atoms with Crippen LogP contribution in [0.25, 0.3) is 0 Å². The summed E-state index contributed by atoms with van der Waals surface area (Å²) in [4.78, 5) is 19.1. The summed E-state index contributed by atoms with van der Waals surface area (Å²) >= 11 is 0. The van der Waals surface area contributed by atoms with E-state index in [1.54, 1.807) is 12.3 Å². The summed E-state index contributed by atoms with van der Waals surface area (Å²) in [6.45, 7) is 8.68. The molecule has 1 amide bonds. The van der Waals surface area contributed by atoms with Crippen LogP contribution in [-0.2, 0) is 9.47 Å². The van der Waals surface area contributed by atoms with Gasteiger partial charge in [0, 0.05) is 49.2 Å². The van der Waals surface area contributed by atoms with Crippen molar-refractivity contribution in [2.45, 2.75) is 38.3 Å². The highest BCUT2D eigenvalue weighted by atomic mass is 16.5.